The van der Waals surface area contributed by atoms with Crippen LogP contribution in [-0.4, -0.2) is 68.8 Å². The molecule has 0 aromatic carbocycles. The van der Waals surface area contributed by atoms with Gasteiger partial charge in [-0.2, -0.15) is 5.26 Å². The van der Waals surface area contributed by atoms with Gasteiger partial charge in [-0.1, -0.05) is 0 Å². The van der Waals surface area contributed by atoms with Gasteiger partial charge in [0.25, 0.3) is 0 Å². The summed E-state index contributed by atoms with van der Waals surface area (Å²) in [7, 11) is 2.14. The number of nitrogens with zero attached hydrogens (tertiary/aromatic N) is 5. The lowest BCUT2D eigenvalue weighted by atomic mass is 10.2. The Morgan fingerprint density at radius 3 is 2.64 bits per heavy atom. The van der Waals surface area contributed by atoms with E-state index in [1.54, 1.807) is 0 Å². The number of nitrogens with one attached hydrogen (secondary N) is 1. The molecule has 0 aliphatic carbocycles. The van der Waals surface area contributed by atoms with Crippen molar-refractivity contribution in [3.05, 3.63) is 17.8 Å². The second-order valence-electron chi connectivity index (χ2n) is 6.27. The minimum absolute atomic E-state index is 0.472. The largest absolute Gasteiger partial charge is 0.369 e. The van der Waals surface area contributed by atoms with Gasteiger partial charge in [-0.3, -0.25) is 0 Å². The van der Waals surface area contributed by atoms with Crippen LogP contribution < -0.4 is 15.1 Å². The Balaban J connectivity index is 1.84. The summed E-state index contributed by atoms with van der Waals surface area (Å²) in [6, 6.07) is 6.74. The lowest BCUT2D eigenvalue weighted by Gasteiger charge is -2.36. The summed E-state index contributed by atoms with van der Waals surface area (Å²) < 4.78 is 0. The maximum Gasteiger partial charge on any atom is 0.144 e. The molecule has 2 aliphatic heterocycles. The Hall–Kier alpha value is -1.84. The van der Waals surface area contributed by atoms with Crippen molar-refractivity contribution in [3.8, 4) is 6.07 Å². The monoisotopic (exact) mass is 300 g/mol. The number of piperazine rings is 2. The van der Waals surface area contributed by atoms with Crippen LogP contribution in [0.4, 0.5) is 11.5 Å². The van der Waals surface area contributed by atoms with E-state index in [-0.39, 0.29) is 0 Å². The predicted molar refractivity (Wildman–Crippen MR) is 88.3 cm³/mol. The van der Waals surface area contributed by atoms with Gasteiger partial charge in [0, 0.05) is 63.6 Å². The van der Waals surface area contributed by atoms with Crippen LogP contribution in [0.2, 0.25) is 0 Å². The number of anilines is 2. The molecule has 6 nitrogen and oxygen atoms in total. The zero-order chi connectivity index (χ0) is 15.5. The third-order valence-corrected chi connectivity index (χ3v) is 4.47. The van der Waals surface area contributed by atoms with Gasteiger partial charge in [0.05, 0.1) is 0 Å². The maximum atomic E-state index is 9.31. The molecule has 6 heteroatoms. The fourth-order valence-corrected chi connectivity index (χ4v) is 3.11. The van der Waals surface area contributed by atoms with E-state index in [0.29, 0.717) is 11.7 Å². The smallest absolute Gasteiger partial charge is 0.144 e. The number of likely N-dealkylation sites (N-methyl/N-ethyl adjacent to an activating group) is 1. The van der Waals surface area contributed by atoms with Gasteiger partial charge in [0.2, 0.25) is 0 Å². The van der Waals surface area contributed by atoms with Crippen molar-refractivity contribution in [1.82, 2.24) is 15.2 Å². The van der Waals surface area contributed by atoms with Gasteiger partial charge in [-0.25, -0.2) is 4.98 Å². The van der Waals surface area contributed by atoms with Crippen molar-refractivity contribution in [3.63, 3.8) is 0 Å². The highest BCUT2D eigenvalue weighted by atomic mass is 15.3. The lowest BCUT2D eigenvalue weighted by molar-refractivity contribution is 0.312. The minimum atomic E-state index is 0.472. The SMILES string of the molecule is CC1CN(c2cc(C#N)nc(N3CCN(C)CC3)c2)CCN1. The van der Waals surface area contributed by atoms with E-state index in [1.807, 2.05) is 6.07 Å². The molecule has 1 aromatic heterocycles. The van der Waals surface area contributed by atoms with E-state index in [9.17, 15) is 5.26 Å². The maximum absolute atomic E-state index is 9.31. The summed E-state index contributed by atoms with van der Waals surface area (Å²) in [6.45, 7) is 9.14. The van der Waals surface area contributed by atoms with Crippen LogP contribution in [-0.2, 0) is 0 Å². The van der Waals surface area contributed by atoms with E-state index in [2.05, 4.69) is 51.1 Å². The summed E-state index contributed by atoms with van der Waals surface area (Å²) in [6.07, 6.45) is 0. The average Bonchev–Trinajstić information content (AvgIpc) is 2.55. The fourth-order valence-electron chi connectivity index (χ4n) is 3.11. The highest BCUT2D eigenvalue weighted by Gasteiger charge is 2.20. The molecule has 1 atom stereocenters. The first kappa shape index (κ1) is 15.1. The van der Waals surface area contributed by atoms with Crippen LogP contribution in [0.5, 0.6) is 0 Å². The van der Waals surface area contributed by atoms with E-state index >= 15 is 0 Å². The van der Waals surface area contributed by atoms with Crippen LogP contribution >= 0.6 is 0 Å². The molecule has 2 fully saturated rings. The summed E-state index contributed by atoms with van der Waals surface area (Å²) >= 11 is 0. The quantitative estimate of drug-likeness (QED) is 0.858. The van der Waals surface area contributed by atoms with Gasteiger partial charge in [0.1, 0.15) is 17.6 Å². The van der Waals surface area contributed by atoms with Crippen molar-refractivity contribution in [1.29, 1.82) is 5.26 Å². The Kier molecular flexibility index (Phi) is 4.46. The Bertz CT molecular complexity index is 558. The second-order valence-corrected chi connectivity index (χ2v) is 6.27. The minimum Gasteiger partial charge on any atom is -0.369 e. The van der Waals surface area contributed by atoms with Crippen LogP contribution in [0.3, 0.4) is 0 Å². The van der Waals surface area contributed by atoms with Crippen molar-refractivity contribution in [2.75, 3.05) is 62.7 Å². The third-order valence-electron chi connectivity index (χ3n) is 4.47. The van der Waals surface area contributed by atoms with Gasteiger partial charge < -0.3 is 20.0 Å². The average molecular weight is 300 g/mol. The zero-order valence-corrected chi connectivity index (χ0v) is 13.4. The molecule has 0 bridgehead atoms. The van der Waals surface area contributed by atoms with Crippen LogP contribution in [0.15, 0.2) is 12.1 Å². The van der Waals surface area contributed by atoms with Crippen LogP contribution in [0.25, 0.3) is 0 Å². The molecule has 0 saturated carbocycles. The molecule has 1 unspecified atom stereocenters. The van der Waals surface area contributed by atoms with Crippen LogP contribution in [0.1, 0.15) is 12.6 Å². The molecule has 3 rings (SSSR count). The lowest BCUT2D eigenvalue weighted by Crippen LogP contribution is -2.49. The van der Waals surface area contributed by atoms with Crippen molar-refractivity contribution in [2.45, 2.75) is 13.0 Å². The van der Waals surface area contributed by atoms with Gasteiger partial charge in [-0.15, -0.1) is 0 Å². The first-order chi connectivity index (χ1) is 10.7. The number of pyridine rings is 1. The zero-order valence-electron chi connectivity index (χ0n) is 13.4. The normalized spacial score (nSPS) is 23.4. The second kappa shape index (κ2) is 6.51. The number of aromatic nitrogens is 1. The number of nitriles is 1. The summed E-state index contributed by atoms with van der Waals surface area (Å²) in [4.78, 5) is 11.5. The summed E-state index contributed by atoms with van der Waals surface area (Å²) in [5, 5.41) is 12.8. The molecule has 1 N–H and O–H groups in total. The molecule has 22 heavy (non-hydrogen) atoms. The fraction of sp³-hybridized carbons (Fsp3) is 0.625. The Morgan fingerprint density at radius 2 is 1.95 bits per heavy atom. The highest BCUT2D eigenvalue weighted by molar-refractivity contribution is 5.59. The standard InChI is InChI=1S/C16H24N6/c1-13-12-22(4-3-18-13)15-9-14(11-17)19-16(10-15)21-7-5-20(2)6-8-21/h9-10,13,18H,3-8,12H2,1-2H3. The molecule has 3 heterocycles. The van der Waals surface area contributed by atoms with E-state index in [1.165, 1.54) is 0 Å². The van der Waals surface area contributed by atoms with E-state index < -0.39 is 0 Å². The first-order valence-electron chi connectivity index (χ1n) is 8.00. The van der Waals surface area contributed by atoms with Crippen molar-refractivity contribution in [2.24, 2.45) is 0 Å². The van der Waals surface area contributed by atoms with Gasteiger partial charge in [-0.05, 0) is 20.0 Å². The summed E-state index contributed by atoms with van der Waals surface area (Å²) in [5.74, 6) is 0.938. The van der Waals surface area contributed by atoms with E-state index in [4.69, 9.17) is 0 Å². The Labute approximate surface area is 132 Å². The molecular weight excluding hydrogens is 276 g/mol. The molecular formula is C16H24N6. The topological polar surface area (TPSA) is 58.4 Å². The molecule has 2 aliphatic rings. The van der Waals surface area contributed by atoms with Crippen molar-refractivity contribution < 1.29 is 0 Å². The highest BCUT2D eigenvalue weighted by Crippen LogP contribution is 2.24. The third kappa shape index (κ3) is 3.32. The molecule has 0 radical (unpaired) electrons. The molecule has 0 spiro atoms. The number of hydrogen-bond acceptors (Lipinski definition) is 6. The molecule has 118 valence electrons. The first-order valence-corrected chi connectivity index (χ1v) is 8.00. The number of hydrogen-bond donors (Lipinski definition) is 1. The van der Waals surface area contributed by atoms with Crippen molar-refractivity contribution >= 4 is 11.5 Å². The number of rotatable bonds is 2. The van der Waals surface area contributed by atoms with E-state index in [0.717, 1.165) is 57.3 Å². The predicted octanol–water partition coefficient (Wildman–Crippen LogP) is 0.503. The molecule has 1 aromatic rings. The summed E-state index contributed by atoms with van der Waals surface area (Å²) in [5.41, 5.74) is 1.63. The van der Waals surface area contributed by atoms with Gasteiger partial charge >= 0.3 is 0 Å². The molecule has 0 amide bonds. The molecule has 2 saturated heterocycles. The Morgan fingerprint density at radius 1 is 1.18 bits per heavy atom. The van der Waals surface area contributed by atoms with Crippen LogP contribution in [0, 0.1) is 11.3 Å². The van der Waals surface area contributed by atoms with Gasteiger partial charge in [0.15, 0.2) is 0 Å².